The summed E-state index contributed by atoms with van der Waals surface area (Å²) >= 11 is 5.33. The second-order valence-electron chi connectivity index (χ2n) is 9.15. The molecule has 0 unspecified atom stereocenters. The van der Waals surface area contributed by atoms with Crippen LogP contribution in [0.1, 0.15) is 115 Å². The first kappa shape index (κ1) is 28.7. The van der Waals surface area contributed by atoms with Gasteiger partial charge < -0.3 is 15.4 Å². The molecular weight excluding hydrogens is 412 g/mol. The van der Waals surface area contributed by atoms with Crippen LogP contribution in [0.25, 0.3) is 0 Å². The highest BCUT2D eigenvalue weighted by Gasteiger charge is 1.98. The molecule has 4 heteroatoms. The van der Waals surface area contributed by atoms with Crippen molar-refractivity contribution in [1.82, 2.24) is 10.6 Å². The van der Waals surface area contributed by atoms with Gasteiger partial charge in [-0.25, -0.2) is 0 Å². The van der Waals surface area contributed by atoms with E-state index in [4.69, 9.17) is 17.0 Å². The predicted molar refractivity (Wildman–Crippen MR) is 145 cm³/mol. The molecule has 0 heterocycles. The number of rotatable bonds is 21. The molecule has 0 fully saturated rings. The van der Waals surface area contributed by atoms with Gasteiger partial charge in [-0.2, -0.15) is 0 Å². The maximum atomic E-state index is 5.70. The number of aryl methyl sites for hydroxylation is 1. The molecule has 184 valence electrons. The first-order valence-corrected chi connectivity index (χ1v) is 13.8. The molecule has 0 saturated carbocycles. The molecule has 0 amide bonds. The van der Waals surface area contributed by atoms with Crippen LogP contribution in [0.5, 0.6) is 5.75 Å². The molecule has 0 aromatic heterocycles. The van der Waals surface area contributed by atoms with E-state index in [0.29, 0.717) is 6.61 Å². The van der Waals surface area contributed by atoms with Crippen LogP contribution in [0.15, 0.2) is 24.3 Å². The van der Waals surface area contributed by atoms with Gasteiger partial charge in [-0.05, 0) is 37.7 Å². The lowest BCUT2D eigenvalue weighted by Crippen LogP contribution is -2.37. The van der Waals surface area contributed by atoms with Crippen LogP contribution in [0.2, 0.25) is 0 Å². The standard InChI is InChI=1S/C28H50N2OS/c1-3-4-5-6-7-8-9-10-11-12-13-14-15-16-17-18-23-29-28(32)30-24-25-31-27-21-19-26(2)20-22-27/h19-22H,3-18,23-25H2,1-2H3,(H2,29,30,32). The molecule has 2 N–H and O–H groups in total. The van der Waals surface area contributed by atoms with E-state index in [1.807, 2.05) is 12.1 Å². The second-order valence-corrected chi connectivity index (χ2v) is 9.56. The van der Waals surface area contributed by atoms with Gasteiger partial charge in [-0.15, -0.1) is 0 Å². The zero-order valence-corrected chi connectivity index (χ0v) is 21.9. The van der Waals surface area contributed by atoms with Gasteiger partial charge in [0.25, 0.3) is 0 Å². The molecule has 0 spiro atoms. The molecule has 0 saturated heterocycles. The molecule has 0 radical (unpaired) electrons. The van der Waals surface area contributed by atoms with Gasteiger partial charge in [-0.1, -0.05) is 121 Å². The molecule has 3 nitrogen and oxygen atoms in total. The van der Waals surface area contributed by atoms with Crippen LogP contribution in [-0.4, -0.2) is 24.8 Å². The first-order valence-electron chi connectivity index (χ1n) is 13.4. The monoisotopic (exact) mass is 462 g/mol. The first-order chi connectivity index (χ1) is 15.7. The van der Waals surface area contributed by atoms with Crippen molar-refractivity contribution in [3.8, 4) is 5.75 Å². The summed E-state index contributed by atoms with van der Waals surface area (Å²) < 4.78 is 5.70. The Bertz CT molecular complexity index is 547. The Hall–Kier alpha value is -1.29. The number of benzene rings is 1. The maximum absolute atomic E-state index is 5.70. The summed E-state index contributed by atoms with van der Waals surface area (Å²) in [7, 11) is 0. The second kappa shape index (κ2) is 21.6. The van der Waals surface area contributed by atoms with Crippen LogP contribution in [0.3, 0.4) is 0 Å². The zero-order chi connectivity index (χ0) is 23.1. The third-order valence-corrected chi connectivity index (χ3v) is 6.28. The van der Waals surface area contributed by atoms with Gasteiger partial charge >= 0.3 is 0 Å². The lowest BCUT2D eigenvalue weighted by molar-refractivity contribution is 0.322. The molecule has 0 atom stereocenters. The topological polar surface area (TPSA) is 33.3 Å². The van der Waals surface area contributed by atoms with E-state index < -0.39 is 0 Å². The van der Waals surface area contributed by atoms with E-state index in [2.05, 4.69) is 36.6 Å². The lowest BCUT2D eigenvalue weighted by atomic mass is 10.0. The molecule has 1 rings (SSSR count). The quantitative estimate of drug-likeness (QED) is 0.143. The molecule has 0 bridgehead atoms. The summed E-state index contributed by atoms with van der Waals surface area (Å²) in [6, 6.07) is 8.13. The fourth-order valence-corrected chi connectivity index (χ4v) is 4.11. The molecule has 0 aliphatic rings. The van der Waals surface area contributed by atoms with Gasteiger partial charge in [0, 0.05) is 6.54 Å². The Morgan fingerprint density at radius 1 is 0.656 bits per heavy atom. The van der Waals surface area contributed by atoms with Crippen molar-refractivity contribution in [3.05, 3.63) is 29.8 Å². The van der Waals surface area contributed by atoms with Crippen molar-refractivity contribution < 1.29 is 4.74 Å². The summed E-state index contributed by atoms with van der Waals surface area (Å²) in [4.78, 5) is 0. The molecule has 32 heavy (non-hydrogen) atoms. The van der Waals surface area contributed by atoms with Crippen LogP contribution < -0.4 is 15.4 Å². The minimum Gasteiger partial charge on any atom is -0.492 e. The Balaban J connectivity index is 1.75. The average molecular weight is 463 g/mol. The summed E-state index contributed by atoms with van der Waals surface area (Å²) in [5.74, 6) is 0.907. The van der Waals surface area contributed by atoms with Gasteiger partial charge in [0.2, 0.25) is 0 Å². The van der Waals surface area contributed by atoms with E-state index in [-0.39, 0.29) is 0 Å². The van der Waals surface area contributed by atoms with E-state index in [1.54, 1.807) is 0 Å². The number of thiocarbonyl (C=S) groups is 1. The number of hydrogen-bond donors (Lipinski definition) is 2. The third-order valence-electron chi connectivity index (χ3n) is 5.99. The normalized spacial score (nSPS) is 10.8. The molecule has 1 aromatic rings. The fraction of sp³-hybridized carbons (Fsp3) is 0.750. The van der Waals surface area contributed by atoms with E-state index in [1.165, 1.54) is 108 Å². The van der Waals surface area contributed by atoms with E-state index in [0.717, 1.165) is 24.0 Å². The molecule has 0 aliphatic carbocycles. The maximum Gasteiger partial charge on any atom is 0.166 e. The average Bonchev–Trinajstić information content (AvgIpc) is 2.80. The number of hydrogen-bond acceptors (Lipinski definition) is 2. The Kier molecular flexibility index (Phi) is 19.4. The van der Waals surface area contributed by atoms with Crippen LogP contribution in [0, 0.1) is 6.92 Å². The minimum absolute atomic E-state index is 0.615. The number of ether oxygens (including phenoxy) is 1. The lowest BCUT2D eigenvalue weighted by Gasteiger charge is -2.11. The SMILES string of the molecule is CCCCCCCCCCCCCCCCCCNC(=S)NCCOc1ccc(C)cc1. The van der Waals surface area contributed by atoms with Gasteiger partial charge in [0.05, 0.1) is 6.54 Å². The van der Waals surface area contributed by atoms with Crippen LogP contribution >= 0.6 is 12.2 Å². The van der Waals surface area contributed by atoms with Crippen LogP contribution in [0.4, 0.5) is 0 Å². The van der Waals surface area contributed by atoms with Crippen molar-refractivity contribution in [3.63, 3.8) is 0 Å². The highest BCUT2D eigenvalue weighted by Crippen LogP contribution is 2.14. The van der Waals surface area contributed by atoms with Crippen LogP contribution in [-0.2, 0) is 0 Å². The highest BCUT2D eigenvalue weighted by atomic mass is 32.1. The predicted octanol–water partition coefficient (Wildman–Crippen LogP) is 8.10. The highest BCUT2D eigenvalue weighted by molar-refractivity contribution is 7.80. The summed E-state index contributed by atoms with van der Waals surface area (Å²) in [6.45, 7) is 6.67. The molecule has 0 aliphatic heterocycles. The Labute approximate surface area is 204 Å². The summed E-state index contributed by atoms with van der Waals surface area (Å²) in [5, 5.41) is 7.25. The van der Waals surface area contributed by atoms with Crippen molar-refractivity contribution in [1.29, 1.82) is 0 Å². The minimum atomic E-state index is 0.615. The van der Waals surface area contributed by atoms with Gasteiger partial charge in [0.15, 0.2) is 5.11 Å². The van der Waals surface area contributed by atoms with E-state index in [9.17, 15) is 0 Å². The Morgan fingerprint density at radius 2 is 1.09 bits per heavy atom. The zero-order valence-electron chi connectivity index (χ0n) is 21.1. The number of unbranched alkanes of at least 4 members (excludes halogenated alkanes) is 15. The Morgan fingerprint density at radius 3 is 1.59 bits per heavy atom. The van der Waals surface area contributed by atoms with Crippen molar-refractivity contribution in [2.45, 2.75) is 117 Å². The third kappa shape index (κ3) is 18.3. The largest absolute Gasteiger partial charge is 0.492 e. The van der Waals surface area contributed by atoms with Gasteiger partial charge in [0.1, 0.15) is 12.4 Å². The van der Waals surface area contributed by atoms with Crippen molar-refractivity contribution >= 4 is 17.3 Å². The fourth-order valence-electron chi connectivity index (χ4n) is 3.91. The number of nitrogens with one attached hydrogen (secondary N) is 2. The van der Waals surface area contributed by atoms with E-state index >= 15 is 0 Å². The summed E-state index contributed by atoms with van der Waals surface area (Å²) in [5.41, 5.74) is 1.25. The molecule has 1 aromatic carbocycles. The molecular formula is C28H50N2OS. The van der Waals surface area contributed by atoms with Crippen molar-refractivity contribution in [2.75, 3.05) is 19.7 Å². The smallest absolute Gasteiger partial charge is 0.166 e. The van der Waals surface area contributed by atoms with Gasteiger partial charge in [-0.3, -0.25) is 0 Å². The summed E-state index contributed by atoms with van der Waals surface area (Å²) in [6.07, 6.45) is 22.4. The van der Waals surface area contributed by atoms with Crippen molar-refractivity contribution in [2.24, 2.45) is 0 Å².